The van der Waals surface area contributed by atoms with Crippen LogP contribution in [0, 0.1) is 12.7 Å². The van der Waals surface area contributed by atoms with Crippen LogP contribution in [0.2, 0.25) is 0 Å². The molecule has 0 radical (unpaired) electrons. The topological polar surface area (TPSA) is 14.2 Å². The zero-order valence-corrected chi connectivity index (χ0v) is 17.4. The van der Waals surface area contributed by atoms with Gasteiger partial charge in [0.15, 0.2) is 0 Å². The lowest BCUT2D eigenvalue weighted by atomic mass is 9.81. The van der Waals surface area contributed by atoms with E-state index in [1.54, 1.807) is 13.2 Å². The molecule has 2 aromatic carbocycles. The molecule has 1 fully saturated rings. The van der Waals surface area contributed by atoms with Gasteiger partial charge in [-0.1, -0.05) is 39.2 Å². The number of fused-ring (bicyclic) bond motifs is 1. The Balaban J connectivity index is 2.08. The number of aromatic nitrogens is 1. The van der Waals surface area contributed by atoms with Gasteiger partial charge in [-0.15, -0.1) is 0 Å². The first-order valence-electron chi connectivity index (χ1n) is 10.5. The summed E-state index contributed by atoms with van der Waals surface area (Å²) in [5.74, 6) is 1.71. The second-order valence-corrected chi connectivity index (χ2v) is 8.41. The van der Waals surface area contributed by atoms with Gasteiger partial charge in [-0.3, -0.25) is 0 Å². The lowest BCUT2D eigenvalue weighted by molar-refractivity contribution is 0.416. The SMILES string of the molecule is COc1cccc2c1c(C1CCCCC1)c(C(C)C)n2-c1ccc(F)c(C)c1. The van der Waals surface area contributed by atoms with Gasteiger partial charge in [0.1, 0.15) is 11.6 Å². The lowest BCUT2D eigenvalue weighted by Gasteiger charge is -2.25. The predicted molar refractivity (Wildman–Crippen MR) is 114 cm³/mol. The fraction of sp³-hybridized carbons (Fsp3) is 0.440. The van der Waals surface area contributed by atoms with Crippen LogP contribution < -0.4 is 4.74 Å². The number of nitrogens with zero attached hydrogens (tertiary/aromatic N) is 1. The van der Waals surface area contributed by atoms with Gasteiger partial charge >= 0.3 is 0 Å². The normalized spacial score (nSPS) is 15.5. The minimum atomic E-state index is -0.156. The Morgan fingerprint density at radius 2 is 1.82 bits per heavy atom. The summed E-state index contributed by atoms with van der Waals surface area (Å²) in [6, 6.07) is 11.8. The van der Waals surface area contributed by atoms with Crippen molar-refractivity contribution in [2.75, 3.05) is 7.11 Å². The number of aryl methyl sites for hydroxylation is 1. The van der Waals surface area contributed by atoms with Gasteiger partial charge in [-0.25, -0.2) is 4.39 Å². The van der Waals surface area contributed by atoms with Crippen molar-refractivity contribution >= 4 is 10.9 Å². The number of benzene rings is 2. The van der Waals surface area contributed by atoms with Crippen molar-refractivity contribution in [3.63, 3.8) is 0 Å². The van der Waals surface area contributed by atoms with E-state index in [0.29, 0.717) is 17.4 Å². The molecule has 0 amide bonds. The molecule has 28 heavy (non-hydrogen) atoms. The van der Waals surface area contributed by atoms with Crippen molar-refractivity contribution in [3.05, 3.63) is 59.0 Å². The lowest BCUT2D eigenvalue weighted by Crippen LogP contribution is -2.10. The van der Waals surface area contributed by atoms with Crippen LogP contribution in [0.5, 0.6) is 5.75 Å². The van der Waals surface area contributed by atoms with Gasteiger partial charge in [0.05, 0.1) is 12.6 Å². The van der Waals surface area contributed by atoms with E-state index in [0.717, 1.165) is 17.0 Å². The summed E-state index contributed by atoms with van der Waals surface area (Å²) >= 11 is 0. The first-order chi connectivity index (χ1) is 13.5. The van der Waals surface area contributed by atoms with Gasteiger partial charge in [0, 0.05) is 16.8 Å². The molecule has 3 heteroatoms. The summed E-state index contributed by atoms with van der Waals surface area (Å²) in [6.07, 6.45) is 6.39. The minimum absolute atomic E-state index is 0.156. The van der Waals surface area contributed by atoms with E-state index >= 15 is 0 Å². The minimum Gasteiger partial charge on any atom is -0.496 e. The second kappa shape index (κ2) is 7.62. The Kier molecular flexibility index (Phi) is 5.18. The Morgan fingerprint density at radius 3 is 2.46 bits per heavy atom. The molecule has 1 heterocycles. The molecule has 148 valence electrons. The molecule has 0 bridgehead atoms. The van der Waals surface area contributed by atoms with Crippen LogP contribution in [0.15, 0.2) is 36.4 Å². The summed E-state index contributed by atoms with van der Waals surface area (Å²) < 4.78 is 22.1. The van der Waals surface area contributed by atoms with Gasteiger partial charge in [-0.2, -0.15) is 0 Å². The highest BCUT2D eigenvalue weighted by atomic mass is 19.1. The summed E-state index contributed by atoms with van der Waals surface area (Å²) in [6.45, 7) is 6.36. The van der Waals surface area contributed by atoms with Crippen molar-refractivity contribution in [1.82, 2.24) is 4.57 Å². The van der Waals surface area contributed by atoms with Gasteiger partial charge in [0.25, 0.3) is 0 Å². The number of hydrogen-bond acceptors (Lipinski definition) is 1. The first kappa shape index (κ1) is 19.0. The third-order valence-electron chi connectivity index (χ3n) is 6.21. The van der Waals surface area contributed by atoms with Crippen LogP contribution >= 0.6 is 0 Å². The van der Waals surface area contributed by atoms with Crippen molar-refractivity contribution in [3.8, 4) is 11.4 Å². The van der Waals surface area contributed by atoms with Gasteiger partial charge in [-0.05, 0) is 73.1 Å². The third kappa shape index (κ3) is 3.11. The average molecular weight is 380 g/mol. The highest BCUT2D eigenvalue weighted by Crippen LogP contribution is 2.46. The van der Waals surface area contributed by atoms with E-state index in [2.05, 4.69) is 36.6 Å². The maximum Gasteiger partial charge on any atom is 0.128 e. The number of hydrogen-bond donors (Lipinski definition) is 0. The summed E-state index contributed by atoms with van der Waals surface area (Å²) in [5.41, 5.74) is 5.66. The number of methoxy groups -OCH3 is 1. The van der Waals surface area contributed by atoms with E-state index < -0.39 is 0 Å². The van der Waals surface area contributed by atoms with Crippen LogP contribution in [-0.4, -0.2) is 11.7 Å². The van der Waals surface area contributed by atoms with Gasteiger partial charge in [0.2, 0.25) is 0 Å². The molecule has 4 rings (SSSR count). The van der Waals surface area contributed by atoms with E-state index in [1.165, 1.54) is 48.7 Å². The van der Waals surface area contributed by atoms with E-state index in [9.17, 15) is 4.39 Å². The fourth-order valence-corrected chi connectivity index (χ4v) is 4.94. The molecule has 0 aliphatic heterocycles. The third-order valence-corrected chi connectivity index (χ3v) is 6.21. The highest BCUT2D eigenvalue weighted by Gasteiger charge is 2.29. The molecule has 2 nitrogen and oxygen atoms in total. The van der Waals surface area contributed by atoms with Crippen LogP contribution in [0.3, 0.4) is 0 Å². The Labute approximate surface area is 167 Å². The van der Waals surface area contributed by atoms with Crippen LogP contribution in [0.4, 0.5) is 4.39 Å². The maximum atomic E-state index is 14.0. The van der Waals surface area contributed by atoms with E-state index in [1.807, 2.05) is 19.1 Å². The molecule has 1 aliphatic carbocycles. The number of halogens is 1. The highest BCUT2D eigenvalue weighted by molar-refractivity contribution is 5.93. The van der Waals surface area contributed by atoms with Crippen LogP contribution in [0.1, 0.15) is 74.6 Å². The molecule has 3 aromatic rings. The molecule has 1 aliphatic rings. The van der Waals surface area contributed by atoms with Crippen molar-refractivity contribution < 1.29 is 9.13 Å². The first-order valence-corrected chi connectivity index (χ1v) is 10.5. The van der Waals surface area contributed by atoms with Crippen molar-refractivity contribution in [1.29, 1.82) is 0 Å². The maximum absolute atomic E-state index is 14.0. The molecule has 1 saturated carbocycles. The quantitative estimate of drug-likeness (QED) is 0.465. The van der Waals surface area contributed by atoms with Crippen molar-refractivity contribution in [2.45, 2.75) is 64.7 Å². The Hall–Kier alpha value is -2.29. The van der Waals surface area contributed by atoms with Gasteiger partial charge < -0.3 is 9.30 Å². The fourth-order valence-electron chi connectivity index (χ4n) is 4.94. The molecule has 0 unspecified atom stereocenters. The molecule has 0 saturated heterocycles. The van der Waals surface area contributed by atoms with Crippen LogP contribution in [0.25, 0.3) is 16.6 Å². The number of rotatable bonds is 4. The molecule has 0 atom stereocenters. The molecular weight excluding hydrogens is 349 g/mol. The summed E-state index contributed by atoms with van der Waals surface area (Å²) in [7, 11) is 1.76. The van der Waals surface area contributed by atoms with Crippen LogP contribution in [-0.2, 0) is 0 Å². The predicted octanol–water partition coefficient (Wildman–Crippen LogP) is 7.26. The smallest absolute Gasteiger partial charge is 0.128 e. The van der Waals surface area contributed by atoms with E-state index in [-0.39, 0.29) is 5.82 Å². The zero-order valence-electron chi connectivity index (χ0n) is 17.4. The average Bonchev–Trinajstić information content (AvgIpc) is 3.06. The second-order valence-electron chi connectivity index (χ2n) is 8.41. The molecule has 0 spiro atoms. The Bertz CT molecular complexity index is 995. The molecule has 0 N–H and O–H groups in total. The Morgan fingerprint density at radius 1 is 1.07 bits per heavy atom. The molecule has 1 aromatic heterocycles. The monoisotopic (exact) mass is 379 g/mol. The molecular formula is C25H30FNO. The number of ether oxygens (including phenoxy) is 1. The summed E-state index contributed by atoms with van der Waals surface area (Å²) in [4.78, 5) is 0. The van der Waals surface area contributed by atoms with Crippen molar-refractivity contribution in [2.24, 2.45) is 0 Å². The zero-order chi connectivity index (χ0) is 19.8. The standard InChI is InChI=1S/C25H30FNO/c1-16(2)25-23(18-9-6-5-7-10-18)24-21(11-8-12-22(24)28-4)27(25)19-13-14-20(26)17(3)15-19/h8,11-16,18H,5-7,9-10H2,1-4H3. The largest absolute Gasteiger partial charge is 0.496 e. The van der Waals surface area contributed by atoms with E-state index in [4.69, 9.17) is 4.74 Å². The summed E-state index contributed by atoms with van der Waals surface area (Å²) in [5, 5.41) is 1.24.